The number of rotatable bonds is 6. The van der Waals surface area contributed by atoms with Gasteiger partial charge in [-0.2, -0.15) is 0 Å². The molecule has 3 atom stereocenters. The molecule has 0 aromatic heterocycles. The highest BCUT2D eigenvalue weighted by atomic mass is 16.5. The van der Waals surface area contributed by atoms with Crippen LogP contribution in [0.1, 0.15) is 63.5 Å². The van der Waals surface area contributed by atoms with Crippen LogP contribution in [0.25, 0.3) is 11.1 Å². The normalized spacial score (nSPS) is 20.3. The summed E-state index contributed by atoms with van der Waals surface area (Å²) in [6, 6.07) is 14.9. The van der Waals surface area contributed by atoms with Gasteiger partial charge in [0.2, 0.25) is 5.91 Å². The van der Waals surface area contributed by atoms with E-state index in [4.69, 9.17) is 4.74 Å². The number of hydrogen-bond donors (Lipinski definition) is 3. The summed E-state index contributed by atoms with van der Waals surface area (Å²) in [6.07, 6.45) is 2.43. The summed E-state index contributed by atoms with van der Waals surface area (Å²) in [6.45, 7) is 5.53. The van der Waals surface area contributed by atoms with Gasteiger partial charge in [0.1, 0.15) is 12.6 Å². The third-order valence-electron chi connectivity index (χ3n) is 7.15. The Kier molecular flexibility index (Phi) is 7.15. The van der Waals surface area contributed by atoms with E-state index in [-0.39, 0.29) is 18.4 Å². The van der Waals surface area contributed by atoms with E-state index in [1.54, 1.807) is 20.8 Å². The van der Waals surface area contributed by atoms with Crippen molar-refractivity contribution in [1.29, 1.82) is 0 Å². The molecule has 1 fully saturated rings. The number of carboxylic acid groups (broad SMARTS) is 1. The lowest BCUT2D eigenvalue weighted by molar-refractivity contribution is -0.146. The molecule has 7 heteroatoms. The number of benzene rings is 2. The lowest BCUT2D eigenvalue weighted by Gasteiger charge is -2.34. The molecule has 2 aromatic rings. The Morgan fingerprint density at radius 1 is 0.971 bits per heavy atom. The van der Waals surface area contributed by atoms with E-state index in [9.17, 15) is 19.5 Å². The number of nitrogens with one attached hydrogen (secondary N) is 2. The third-order valence-corrected chi connectivity index (χ3v) is 7.15. The Morgan fingerprint density at radius 2 is 1.54 bits per heavy atom. The number of carboxylic acids is 1. The van der Waals surface area contributed by atoms with E-state index in [2.05, 4.69) is 34.9 Å². The molecule has 0 heterocycles. The zero-order valence-electron chi connectivity index (χ0n) is 20.5. The van der Waals surface area contributed by atoms with E-state index < -0.39 is 35.5 Å². The van der Waals surface area contributed by atoms with Gasteiger partial charge in [-0.25, -0.2) is 9.59 Å². The number of carbonyl (C=O) groups is 3. The SMILES string of the molecule is CC(C)(C)[C@@H](NC(=O)[C@@H]1CCCC[C@@H]1NC(=O)OCC1c2ccccc2-c2ccccc21)C(=O)O. The van der Waals surface area contributed by atoms with Crippen LogP contribution in [0.15, 0.2) is 48.5 Å². The van der Waals surface area contributed by atoms with Crippen molar-refractivity contribution in [2.45, 2.75) is 64.5 Å². The molecule has 2 aliphatic carbocycles. The zero-order valence-corrected chi connectivity index (χ0v) is 20.5. The monoisotopic (exact) mass is 478 g/mol. The highest BCUT2D eigenvalue weighted by molar-refractivity contribution is 5.86. The van der Waals surface area contributed by atoms with E-state index in [0.717, 1.165) is 35.1 Å². The molecule has 0 saturated heterocycles. The topological polar surface area (TPSA) is 105 Å². The lowest BCUT2D eigenvalue weighted by Crippen LogP contribution is -2.55. The molecule has 2 aromatic carbocycles. The lowest BCUT2D eigenvalue weighted by atomic mass is 9.82. The number of amides is 2. The van der Waals surface area contributed by atoms with Crippen LogP contribution in [0, 0.1) is 11.3 Å². The zero-order chi connectivity index (χ0) is 25.2. The van der Waals surface area contributed by atoms with Crippen molar-refractivity contribution in [2.75, 3.05) is 6.61 Å². The second kappa shape index (κ2) is 10.1. The molecular weight excluding hydrogens is 444 g/mol. The van der Waals surface area contributed by atoms with Crippen molar-refractivity contribution >= 4 is 18.0 Å². The minimum atomic E-state index is -1.07. The molecule has 2 aliphatic rings. The Labute approximate surface area is 206 Å². The maximum Gasteiger partial charge on any atom is 0.407 e. The molecule has 186 valence electrons. The first kappa shape index (κ1) is 24.8. The first-order chi connectivity index (χ1) is 16.7. The number of aliphatic carboxylic acids is 1. The molecule has 0 unspecified atom stereocenters. The number of carbonyl (C=O) groups excluding carboxylic acids is 2. The summed E-state index contributed by atoms with van der Waals surface area (Å²) >= 11 is 0. The number of hydrogen-bond acceptors (Lipinski definition) is 4. The standard InChI is InChI=1S/C28H34N2O5/c1-28(2,3)24(26(32)33)30-25(31)21-14-8-9-15-23(21)29-27(34)35-16-22-19-12-6-4-10-17(19)18-11-5-7-13-20(18)22/h4-7,10-13,21-24H,8-9,14-16H2,1-3H3,(H,29,34)(H,30,31)(H,32,33)/t21-,23+,24+/m1/s1. The van der Waals surface area contributed by atoms with Crippen LogP contribution < -0.4 is 10.6 Å². The number of ether oxygens (including phenoxy) is 1. The van der Waals surface area contributed by atoms with Crippen molar-refractivity contribution < 1.29 is 24.2 Å². The third kappa shape index (κ3) is 5.34. The van der Waals surface area contributed by atoms with Gasteiger partial charge in [0, 0.05) is 12.0 Å². The van der Waals surface area contributed by atoms with Gasteiger partial charge in [-0.05, 0) is 40.5 Å². The van der Waals surface area contributed by atoms with Crippen LogP contribution in [-0.4, -0.2) is 41.8 Å². The second-order valence-electron chi connectivity index (χ2n) is 10.6. The predicted molar refractivity (Wildman–Crippen MR) is 133 cm³/mol. The molecule has 4 rings (SSSR count). The van der Waals surface area contributed by atoms with Crippen LogP contribution in [0.3, 0.4) is 0 Å². The average Bonchev–Trinajstić information content (AvgIpc) is 3.14. The fraction of sp³-hybridized carbons (Fsp3) is 0.464. The Morgan fingerprint density at radius 3 is 2.11 bits per heavy atom. The molecule has 0 aliphatic heterocycles. The van der Waals surface area contributed by atoms with Gasteiger partial charge in [0.15, 0.2) is 0 Å². The van der Waals surface area contributed by atoms with Crippen LogP contribution in [0.5, 0.6) is 0 Å². The van der Waals surface area contributed by atoms with Crippen molar-refractivity contribution in [2.24, 2.45) is 11.3 Å². The smallest absolute Gasteiger partial charge is 0.407 e. The molecule has 7 nitrogen and oxygen atoms in total. The van der Waals surface area contributed by atoms with Crippen LogP contribution in [0.4, 0.5) is 4.79 Å². The maximum atomic E-state index is 13.0. The first-order valence-corrected chi connectivity index (χ1v) is 12.3. The largest absolute Gasteiger partial charge is 0.480 e. The summed E-state index contributed by atoms with van der Waals surface area (Å²) in [5.74, 6) is -1.94. The number of fused-ring (bicyclic) bond motifs is 3. The van der Waals surface area contributed by atoms with Crippen LogP contribution >= 0.6 is 0 Å². The quantitative estimate of drug-likeness (QED) is 0.558. The highest BCUT2D eigenvalue weighted by Crippen LogP contribution is 2.44. The minimum absolute atomic E-state index is 0.0401. The predicted octanol–water partition coefficient (Wildman–Crippen LogP) is 4.70. The van der Waals surface area contributed by atoms with Crippen LogP contribution in [0.2, 0.25) is 0 Å². The molecule has 0 spiro atoms. The molecule has 3 N–H and O–H groups in total. The van der Waals surface area contributed by atoms with Crippen LogP contribution in [-0.2, 0) is 14.3 Å². The summed E-state index contributed by atoms with van der Waals surface area (Å²) in [5, 5.41) is 15.2. The van der Waals surface area contributed by atoms with Crippen molar-refractivity contribution in [3.63, 3.8) is 0 Å². The Balaban J connectivity index is 1.40. The van der Waals surface area contributed by atoms with E-state index in [0.29, 0.717) is 12.8 Å². The first-order valence-electron chi connectivity index (χ1n) is 12.3. The average molecular weight is 479 g/mol. The highest BCUT2D eigenvalue weighted by Gasteiger charge is 2.38. The molecule has 35 heavy (non-hydrogen) atoms. The van der Waals surface area contributed by atoms with Gasteiger partial charge in [0.25, 0.3) is 0 Å². The summed E-state index contributed by atoms with van der Waals surface area (Å²) < 4.78 is 5.67. The fourth-order valence-electron chi connectivity index (χ4n) is 5.31. The van der Waals surface area contributed by atoms with Gasteiger partial charge in [0.05, 0.1) is 5.92 Å². The molecular formula is C28H34N2O5. The summed E-state index contributed by atoms with van der Waals surface area (Å²) in [7, 11) is 0. The van der Waals surface area contributed by atoms with E-state index >= 15 is 0 Å². The van der Waals surface area contributed by atoms with Crippen molar-refractivity contribution in [1.82, 2.24) is 10.6 Å². The fourth-order valence-corrected chi connectivity index (χ4v) is 5.31. The minimum Gasteiger partial charge on any atom is -0.480 e. The van der Waals surface area contributed by atoms with Gasteiger partial charge in [-0.1, -0.05) is 82.1 Å². The maximum absolute atomic E-state index is 13.0. The van der Waals surface area contributed by atoms with E-state index in [1.807, 2.05) is 24.3 Å². The second-order valence-corrected chi connectivity index (χ2v) is 10.6. The summed E-state index contributed by atoms with van der Waals surface area (Å²) in [4.78, 5) is 37.5. The Bertz CT molecular complexity index is 1060. The van der Waals surface area contributed by atoms with Gasteiger partial charge < -0.3 is 20.5 Å². The van der Waals surface area contributed by atoms with Gasteiger partial charge in [-0.3, -0.25) is 4.79 Å². The molecule has 0 radical (unpaired) electrons. The molecule has 2 amide bonds. The molecule has 1 saturated carbocycles. The Hall–Kier alpha value is -3.35. The van der Waals surface area contributed by atoms with E-state index in [1.165, 1.54) is 0 Å². The molecule has 0 bridgehead atoms. The van der Waals surface area contributed by atoms with Gasteiger partial charge >= 0.3 is 12.1 Å². The van der Waals surface area contributed by atoms with Crippen molar-refractivity contribution in [3.05, 3.63) is 59.7 Å². The summed E-state index contributed by atoms with van der Waals surface area (Å²) in [5.41, 5.74) is 3.96. The van der Waals surface area contributed by atoms with Crippen molar-refractivity contribution in [3.8, 4) is 11.1 Å². The number of alkyl carbamates (subject to hydrolysis) is 1. The van der Waals surface area contributed by atoms with Gasteiger partial charge in [-0.15, -0.1) is 0 Å².